The largest absolute Gasteiger partial charge is 0.490 e. The van der Waals surface area contributed by atoms with Crippen LogP contribution in [0.25, 0.3) is 0 Å². The number of carbonyl (C=O) groups is 2. The predicted molar refractivity (Wildman–Crippen MR) is 102 cm³/mol. The summed E-state index contributed by atoms with van der Waals surface area (Å²) in [6, 6.07) is 2.82. The van der Waals surface area contributed by atoms with Gasteiger partial charge in [0.2, 0.25) is 5.75 Å². The molecular weight excluding hydrogens is 366 g/mol. The minimum atomic E-state index is -0.948. The molecule has 8 nitrogen and oxygen atoms in total. The summed E-state index contributed by atoms with van der Waals surface area (Å²) in [5.41, 5.74) is 0.363. The maximum Gasteiger partial charge on any atom is 0.305 e. The number of nitrogens with zero attached hydrogens (tertiary/aromatic N) is 1. The molecule has 1 aromatic carbocycles. The Morgan fingerprint density at radius 2 is 1.64 bits per heavy atom. The van der Waals surface area contributed by atoms with E-state index in [0.717, 1.165) is 0 Å². The van der Waals surface area contributed by atoms with Crippen molar-refractivity contribution in [3.05, 3.63) is 17.7 Å². The van der Waals surface area contributed by atoms with Crippen molar-refractivity contribution < 1.29 is 33.6 Å². The van der Waals surface area contributed by atoms with E-state index >= 15 is 0 Å². The third-order valence-electron chi connectivity index (χ3n) is 4.54. The van der Waals surface area contributed by atoms with Crippen molar-refractivity contribution in [2.75, 3.05) is 33.5 Å². The van der Waals surface area contributed by atoms with E-state index in [1.165, 1.54) is 0 Å². The Balaban J connectivity index is 2.40. The van der Waals surface area contributed by atoms with Gasteiger partial charge in [0.15, 0.2) is 11.5 Å². The Morgan fingerprint density at radius 1 is 1.07 bits per heavy atom. The highest BCUT2D eigenvalue weighted by Crippen LogP contribution is 2.40. The molecule has 1 amide bonds. The number of likely N-dealkylation sites (tertiary alicyclic amines) is 1. The number of hydrogen-bond acceptors (Lipinski definition) is 6. The number of benzene rings is 1. The van der Waals surface area contributed by atoms with Gasteiger partial charge in [0.1, 0.15) is 0 Å². The molecule has 1 fully saturated rings. The fraction of sp³-hybridized carbons (Fsp3) is 0.600. The van der Waals surface area contributed by atoms with E-state index in [-0.39, 0.29) is 18.4 Å². The van der Waals surface area contributed by atoms with Crippen molar-refractivity contribution in [1.29, 1.82) is 0 Å². The standard InChI is InChI=1S/C20H29NO7/c1-5-26-16-8-13(9-17(27-6-2)19(16)28-7-3)20(24)21-12-15(25-4)10-14(21)11-18(22)23/h8-9,14-15H,5-7,10-12H2,1-4H3,(H,22,23). The van der Waals surface area contributed by atoms with E-state index in [1.807, 2.05) is 20.8 Å². The van der Waals surface area contributed by atoms with Crippen molar-refractivity contribution in [3.8, 4) is 17.2 Å². The van der Waals surface area contributed by atoms with Crippen LogP contribution < -0.4 is 14.2 Å². The average molecular weight is 395 g/mol. The second-order valence-corrected chi connectivity index (χ2v) is 6.40. The highest BCUT2D eigenvalue weighted by atomic mass is 16.5. The number of hydrogen-bond donors (Lipinski definition) is 1. The van der Waals surface area contributed by atoms with Crippen LogP contribution in [-0.4, -0.2) is 67.5 Å². The monoisotopic (exact) mass is 395 g/mol. The summed E-state index contributed by atoms with van der Waals surface area (Å²) in [5, 5.41) is 9.19. The van der Waals surface area contributed by atoms with Crippen molar-refractivity contribution in [2.45, 2.75) is 45.8 Å². The zero-order valence-corrected chi connectivity index (χ0v) is 16.9. The molecule has 1 aliphatic rings. The van der Waals surface area contributed by atoms with Crippen LogP contribution in [0.5, 0.6) is 17.2 Å². The molecule has 1 saturated heterocycles. The van der Waals surface area contributed by atoms with Crippen molar-refractivity contribution in [3.63, 3.8) is 0 Å². The third kappa shape index (κ3) is 5.07. The first-order chi connectivity index (χ1) is 13.4. The van der Waals surface area contributed by atoms with Crippen molar-refractivity contribution >= 4 is 11.9 Å². The van der Waals surface area contributed by atoms with E-state index in [0.29, 0.717) is 55.6 Å². The summed E-state index contributed by atoms with van der Waals surface area (Å²) in [6.07, 6.45) is 0.176. The van der Waals surface area contributed by atoms with Crippen LogP contribution in [0.4, 0.5) is 0 Å². The first-order valence-electron chi connectivity index (χ1n) is 9.56. The summed E-state index contributed by atoms with van der Waals surface area (Å²) in [6.45, 7) is 7.12. The normalized spacial score (nSPS) is 18.8. The molecule has 28 heavy (non-hydrogen) atoms. The Kier molecular flexibility index (Phi) is 7.92. The summed E-state index contributed by atoms with van der Waals surface area (Å²) < 4.78 is 22.4. The van der Waals surface area contributed by atoms with Crippen LogP contribution in [0.15, 0.2) is 12.1 Å². The topological polar surface area (TPSA) is 94.5 Å². The first-order valence-corrected chi connectivity index (χ1v) is 9.56. The van der Waals surface area contributed by atoms with Crippen LogP contribution in [0.1, 0.15) is 44.0 Å². The van der Waals surface area contributed by atoms with Gasteiger partial charge < -0.3 is 29.0 Å². The molecule has 0 bridgehead atoms. The van der Waals surface area contributed by atoms with Gasteiger partial charge in [-0.2, -0.15) is 0 Å². The number of rotatable bonds is 10. The molecule has 0 saturated carbocycles. The molecule has 0 spiro atoms. The Labute approximate surface area is 165 Å². The van der Waals surface area contributed by atoms with Gasteiger partial charge in [0, 0.05) is 25.3 Å². The van der Waals surface area contributed by atoms with Gasteiger partial charge in [-0.15, -0.1) is 0 Å². The SMILES string of the molecule is CCOc1cc(C(=O)N2CC(OC)CC2CC(=O)O)cc(OCC)c1OCC. The number of carboxylic acid groups (broad SMARTS) is 1. The molecule has 2 rings (SSSR count). The lowest BCUT2D eigenvalue weighted by atomic mass is 10.1. The number of methoxy groups -OCH3 is 1. The summed E-state index contributed by atoms with van der Waals surface area (Å²) in [5.74, 6) is 0.0832. The lowest BCUT2D eigenvalue weighted by Crippen LogP contribution is -2.37. The molecule has 0 aliphatic carbocycles. The second-order valence-electron chi connectivity index (χ2n) is 6.40. The fourth-order valence-electron chi connectivity index (χ4n) is 3.37. The maximum absolute atomic E-state index is 13.2. The third-order valence-corrected chi connectivity index (χ3v) is 4.54. The van der Waals surface area contributed by atoms with Crippen LogP contribution in [-0.2, 0) is 9.53 Å². The molecule has 2 unspecified atom stereocenters. The van der Waals surface area contributed by atoms with E-state index < -0.39 is 12.0 Å². The number of aliphatic carboxylic acids is 1. The average Bonchev–Trinajstić information content (AvgIpc) is 3.06. The Hall–Kier alpha value is -2.48. The van der Waals surface area contributed by atoms with Gasteiger partial charge >= 0.3 is 5.97 Å². The molecule has 0 radical (unpaired) electrons. The van der Waals surface area contributed by atoms with E-state index in [9.17, 15) is 14.7 Å². The summed E-state index contributed by atoms with van der Waals surface area (Å²) in [7, 11) is 1.56. The zero-order chi connectivity index (χ0) is 20.7. The molecular formula is C20H29NO7. The molecule has 2 atom stereocenters. The summed E-state index contributed by atoms with van der Waals surface area (Å²) in [4.78, 5) is 26.0. The van der Waals surface area contributed by atoms with Crippen LogP contribution in [0.2, 0.25) is 0 Å². The van der Waals surface area contributed by atoms with Gasteiger partial charge in [0.25, 0.3) is 5.91 Å². The van der Waals surface area contributed by atoms with Gasteiger partial charge in [-0.05, 0) is 39.3 Å². The lowest BCUT2D eigenvalue weighted by Gasteiger charge is -2.24. The smallest absolute Gasteiger partial charge is 0.305 e. The van der Waals surface area contributed by atoms with E-state index in [4.69, 9.17) is 18.9 Å². The molecule has 1 heterocycles. The quantitative estimate of drug-likeness (QED) is 0.651. The number of ether oxygens (including phenoxy) is 4. The minimum absolute atomic E-state index is 0.126. The van der Waals surface area contributed by atoms with Crippen LogP contribution in [0.3, 0.4) is 0 Å². The van der Waals surface area contributed by atoms with E-state index in [1.54, 1.807) is 24.1 Å². The molecule has 0 aromatic heterocycles. The van der Waals surface area contributed by atoms with Crippen molar-refractivity contribution in [2.24, 2.45) is 0 Å². The van der Waals surface area contributed by atoms with Gasteiger partial charge in [-0.25, -0.2) is 0 Å². The zero-order valence-electron chi connectivity index (χ0n) is 16.9. The summed E-state index contributed by atoms with van der Waals surface area (Å²) >= 11 is 0. The van der Waals surface area contributed by atoms with Gasteiger partial charge in [-0.1, -0.05) is 0 Å². The van der Waals surface area contributed by atoms with Gasteiger partial charge in [-0.3, -0.25) is 9.59 Å². The maximum atomic E-state index is 13.2. The number of carboxylic acids is 1. The van der Waals surface area contributed by atoms with Gasteiger partial charge in [0.05, 0.1) is 32.3 Å². The highest BCUT2D eigenvalue weighted by molar-refractivity contribution is 5.96. The Morgan fingerprint density at radius 3 is 2.11 bits per heavy atom. The number of carbonyl (C=O) groups excluding carboxylic acids is 1. The molecule has 8 heteroatoms. The van der Waals surface area contributed by atoms with Crippen LogP contribution in [0, 0.1) is 0 Å². The number of amides is 1. The minimum Gasteiger partial charge on any atom is -0.490 e. The highest BCUT2D eigenvalue weighted by Gasteiger charge is 2.37. The lowest BCUT2D eigenvalue weighted by molar-refractivity contribution is -0.138. The molecule has 156 valence electrons. The molecule has 1 aromatic rings. The second kappa shape index (κ2) is 10.2. The van der Waals surface area contributed by atoms with Crippen LogP contribution >= 0.6 is 0 Å². The van der Waals surface area contributed by atoms with E-state index in [2.05, 4.69) is 0 Å². The first kappa shape index (κ1) is 21.8. The molecule has 1 N–H and O–H groups in total. The van der Waals surface area contributed by atoms with Crippen molar-refractivity contribution in [1.82, 2.24) is 4.90 Å². The fourth-order valence-corrected chi connectivity index (χ4v) is 3.37. The molecule has 1 aliphatic heterocycles. The Bertz CT molecular complexity index is 664. The predicted octanol–water partition coefficient (Wildman–Crippen LogP) is 2.59.